The summed E-state index contributed by atoms with van der Waals surface area (Å²) in [7, 11) is 0. The Hall–Kier alpha value is -7.61. The molecule has 272 valence electrons. The molecule has 13 rings (SSSR count). The molecule has 2 aliphatic carbocycles. The van der Waals surface area contributed by atoms with Crippen LogP contribution in [0.15, 0.2) is 212 Å². The van der Waals surface area contributed by atoms with Crippen LogP contribution in [0.2, 0.25) is 0 Å². The van der Waals surface area contributed by atoms with Gasteiger partial charge in [-0.2, -0.15) is 0 Å². The van der Waals surface area contributed by atoms with E-state index in [0.29, 0.717) is 0 Å². The molecule has 0 N–H and O–H groups in total. The van der Waals surface area contributed by atoms with Crippen molar-refractivity contribution in [3.63, 3.8) is 0 Å². The van der Waals surface area contributed by atoms with Gasteiger partial charge in [0, 0.05) is 21.7 Å². The molecular weight excluding hydrogens is 711 g/mol. The van der Waals surface area contributed by atoms with E-state index in [0.717, 1.165) is 16.8 Å². The smallest absolute Gasteiger partial charge is 0.0788 e. The first kappa shape index (κ1) is 32.5. The molecule has 0 aliphatic heterocycles. The number of para-hydroxylation sites is 1. The number of hydrogen-bond donors (Lipinski definition) is 0. The van der Waals surface area contributed by atoms with Gasteiger partial charge in [-0.05, 0) is 119 Å². The lowest BCUT2D eigenvalue weighted by molar-refractivity contribution is 0.794. The monoisotopic (exact) mass is 745 g/mol. The molecule has 0 amide bonds. The summed E-state index contributed by atoms with van der Waals surface area (Å²) < 4.78 is 0. The van der Waals surface area contributed by atoms with Crippen molar-refractivity contribution in [2.75, 3.05) is 0 Å². The van der Waals surface area contributed by atoms with Gasteiger partial charge in [0.2, 0.25) is 0 Å². The van der Waals surface area contributed by atoms with Crippen LogP contribution in [0.25, 0.3) is 99.0 Å². The Morgan fingerprint density at radius 3 is 1.51 bits per heavy atom. The van der Waals surface area contributed by atoms with Crippen LogP contribution >= 0.6 is 0 Å². The van der Waals surface area contributed by atoms with Gasteiger partial charge < -0.3 is 0 Å². The fourth-order valence-corrected chi connectivity index (χ4v) is 10.7. The Labute approximate surface area is 342 Å². The van der Waals surface area contributed by atoms with Crippen molar-refractivity contribution < 1.29 is 0 Å². The number of rotatable bonds is 3. The summed E-state index contributed by atoms with van der Waals surface area (Å²) in [4.78, 5) is 5.46. The van der Waals surface area contributed by atoms with Gasteiger partial charge in [-0.25, -0.2) is 4.98 Å². The Bertz CT molecular complexity index is 3530. The molecule has 0 fully saturated rings. The predicted octanol–water partition coefficient (Wildman–Crippen LogP) is 15.0. The van der Waals surface area contributed by atoms with E-state index in [1.165, 1.54) is 104 Å². The van der Waals surface area contributed by atoms with Gasteiger partial charge >= 0.3 is 0 Å². The van der Waals surface area contributed by atoms with Gasteiger partial charge in [-0.15, -0.1) is 0 Å². The lowest BCUT2D eigenvalue weighted by atomic mass is 9.70. The Morgan fingerprint density at radius 2 is 0.814 bits per heavy atom. The third-order valence-corrected chi connectivity index (χ3v) is 13.2. The van der Waals surface area contributed by atoms with E-state index in [2.05, 4.69) is 212 Å². The summed E-state index contributed by atoms with van der Waals surface area (Å²) in [6.07, 6.45) is 0. The molecule has 0 unspecified atom stereocenters. The molecular formula is C58H35N. The summed E-state index contributed by atoms with van der Waals surface area (Å²) in [5, 5.41) is 8.61. The summed E-state index contributed by atoms with van der Waals surface area (Å²) >= 11 is 0. The van der Waals surface area contributed by atoms with Crippen LogP contribution in [0.3, 0.4) is 0 Å². The minimum absolute atomic E-state index is 0.399. The molecule has 1 spiro atoms. The molecule has 0 saturated carbocycles. The van der Waals surface area contributed by atoms with Crippen molar-refractivity contribution in [2.24, 2.45) is 0 Å². The van der Waals surface area contributed by atoms with E-state index in [1.54, 1.807) is 0 Å². The number of aromatic nitrogens is 1. The summed E-state index contributed by atoms with van der Waals surface area (Å²) in [6.45, 7) is 0. The molecule has 10 aromatic carbocycles. The summed E-state index contributed by atoms with van der Waals surface area (Å²) in [5.74, 6) is 0. The second-order valence-electron chi connectivity index (χ2n) is 16.2. The normalized spacial score (nSPS) is 13.2. The Morgan fingerprint density at radius 1 is 0.305 bits per heavy atom. The van der Waals surface area contributed by atoms with Crippen molar-refractivity contribution in [1.29, 1.82) is 0 Å². The highest BCUT2D eigenvalue weighted by Gasteiger charge is 2.52. The van der Waals surface area contributed by atoms with Crippen LogP contribution < -0.4 is 0 Å². The third kappa shape index (κ3) is 4.53. The number of hydrogen-bond acceptors (Lipinski definition) is 1. The number of fused-ring (bicyclic) bond motifs is 16. The molecule has 59 heavy (non-hydrogen) atoms. The molecule has 11 aromatic rings. The average molecular weight is 746 g/mol. The van der Waals surface area contributed by atoms with Crippen molar-refractivity contribution in [1.82, 2.24) is 4.98 Å². The molecule has 0 saturated heterocycles. The van der Waals surface area contributed by atoms with Gasteiger partial charge in [-0.3, -0.25) is 0 Å². The molecule has 1 aromatic heterocycles. The standard InChI is InChI=1S/C58H35N/c1-2-13-37-32-40(25-24-36(37)12-1)42-29-28-41-33-39(26-27-43(41)34-42)38-14-11-15-44(35-38)57-49-30-31-53-56(55(49)48-19-6-10-23-54(48)59-57)47-18-5-9-22-52(47)58(53)50-20-7-3-16-45(50)46-17-4-8-21-51(46)58/h1-35H. The van der Waals surface area contributed by atoms with E-state index in [4.69, 9.17) is 4.98 Å². The van der Waals surface area contributed by atoms with Crippen molar-refractivity contribution >= 4 is 43.2 Å². The van der Waals surface area contributed by atoms with Crippen molar-refractivity contribution in [2.45, 2.75) is 5.41 Å². The topological polar surface area (TPSA) is 12.9 Å². The van der Waals surface area contributed by atoms with Crippen molar-refractivity contribution in [3.8, 4) is 55.8 Å². The molecule has 1 heterocycles. The van der Waals surface area contributed by atoms with Crippen LogP contribution in [0.4, 0.5) is 0 Å². The van der Waals surface area contributed by atoms with Crippen LogP contribution in [-0.4, -0.2) is 4.98 Å². The highest BCUT2D eigenvalue weighted by molar-refractivity contribution is 6.20. The molecule has 2 aliphatic rings. The van der Waals surface area contributed by atoms with Crippen LogP contribution in [0, 0.1) is 0 Å². The first-order valence-corrected chi connectivity index (χ1v) is 20.5. The zero-order valence-corrected chi connectivity index (χ0v) is 32.2. The van der Waals surface area contributed by atoms with E-state index < -0.39 is 5.41 Å². The molecule has 1 nitrogen and oxygen atoms in total. The van der Waals surface area contributed by atoms with E-state index in [1.807, 2.05) is 0 Å². The third-order valence-electron chi connectivity index (χ3n) is 13.2. The maximum absolute atomic E-state index is 5.46. The maximum Gasteiger partial charge on any atom is 0.0788 e. The van der Waals surface area contributed by atoms with Gasteiger partial charge in [0.1, 0.15) is 0 Å². The lowest BCUT2D eigenvalue weighted by Crippen LogP contribution is -2.25. The number of pyridine rings is 1. The molecule has 1 heteroatoms. The number of benzene rings is 10. The zero-order chi connectivity index (χ0) is 38.7. The second kappa shape index (κ2) is 12.2. The Kier molecular flexibility index (Phi) is 6.71. The zero-order valence-electron chi connectivity index (χ0n) is 32.2. The molecule has 0 atom stereocenters. The highest BCUT2D eigenvalue weighted by atomic mass is 14.7. The highest BCUT2D eigenvalue weighted by Crippen LogP contribution is 2.64. The van der Waals surface area contributed by atoms with Gasteiger partial charge in [0.05, 0.1) is 16.6 Å². The van der Waals surface area contributed by atoms with Gasteiger partial charge in [0.25, 0.3) is 0 Å². The van der Waals surface area contributed by atoms with E-state index in [9.17, 15) is 0 Å². The Balaban J connectivity index is 0.983. The minimum Gasteiger partial charge on any atom is -0.247 e. The fraction of sp³-hybridized carbons (Fsp3) is 0.0172. The van der Waals surface area contributed by atoms with Crippen molar-refractivity contribution in [3.05, 3.63) is 235 Å². The minimum atomic E-state index is -0.399. The van der Waals surface area contributed by atoms with Gasteiger partial charge in [-0.1, -0.05) is 182 Å². The average Bonchev–Trinajstić information content (AvgIpc) is 3.78. The van der Waals surface area contributed by atoms with Crippen LogP contribution in [-0.2, 0) is 5.41 Å². The first-order valence-electron chi connectivity index (χ1n) is 20.5. The van der Waals surface area contributed by atoms with Crippen LogP contribution in [0.1, 0.15) is 22.3 Å². The first-order chi connectivity index (χ1) is 29.2. The summed E-state index contributed by atoms with van der Waals surface area (Å²) in [6, 6.07) is 78.6. The lowest BCUT2D eigenvalue weighted by Gasteiger charge is -2.30. The fourth-order valence-electron chi connectivity index (χ4n) is 10.7. The molecule has 0 radical (unpaired) electrons. The SMILES string of the molecule is c1cc(-c2ccc3cc(-c4ccc5ccccc5c4)ccc3c2)cc(-c2nc3ccccc3c3c4c(ccc23)C2(c3ccccc3-c3ccccc32)c2ccccc2-4)c1. The maximum atomic E-state index is 5.46. The van der Waals surface area contributed by atoms with E-state index in [-0.39, 0.29) is 0 Å². The molecule has 0 bridgehead atoms. The number of nitrogens with zero attached hydrogens (tertiary/aromatic N) is 1. The second-order valence-corrected chi connectivity index (χ2v) is 16.2. The summed E-state index contributed by atoms with van der Waals surface area (Å²) in [5.41, 5.74) is 18.2. The largest absolute Gasteiger partial charge is 0.247 e. The van der Waals surface area contributed by atoms with Gasteiger partial charge in [0.15, 0.2) is 0 Å². The van der Waals surface area contributed by atoms with E-state index >= 15 is 0 Å². The quantitative estimate of drug-likeness (QED) is 0.164. The van der Waals surface area contributed by atoms with Crippen LogP contribution in [0.5, 0.6) is 0 Å². The predicted molar refractivity (Wildman–Crippen MR) is 247 cm³/mol.